The molecule has 2 aromatic rings. The first kappa shape index (κ1) is 21.7. The van der Waals surface area contributed by atoms with E-state index < -0.39 is 22.6 Å². The van der Waals surface area contributed by atoms with Crippen LogP contribution in [-0.2, 0) is 9.53 Å². The number of non-ortho nitro benzene ring substituents is 1. The molecule has 2 rings (SSSR count). The van der Waals surface area contributed by atoms with Gasteiger partial charge in [-0.2, -0.15) is 0 Å². The average molecular weight is 403 g/mol. The van der Waals surface area contributed by atoms with Crippen molar-refractivity contribution >= 4 is 17.4 Å². The molecule has 0 aliphatic carbocycles. The van der Waals surface area contributed by atoms with E-state index in [4.69, 9.17) is 18.9 Å². The van der Waals surface area contributed by atoms with E-state index in [0.29, 0.717) is 5.75 Å². The molecule has 0 aliphatic heterocycles. The van der Waals surface area contributed by atoms with Crippen molar-refractivity contribution < 1.29 is 33.5 Å². The van der Waals surface area contributed by atoms with Crippen LogP contribution in [0.15, 0.2) is 36.4 Å². The van der Waals surface area contributed by atoms with E-state index >= 15 is 0 Å². The molecule has 9 nitrogen and oxygen atoms in total. The lowest BCUT2D eigenvalue weighted by Crippen LogP contribution is -2.25. The smallest absolute Gasteiger partial charge is 0.321 e. The highest BCUT2D eigenvalue weighted by Crippen LogP contribution is 2.37. The second-order valence-corrected chi connectivity index (χ2v) is 5.81. The van der Waals surface area contributed by atoms with Gasteiger partial charge in [0.15, 0.2) is 17.3 Å². The third kappa shape index (κ3) is 4.63. The van der Waals surface area contributed by atoms with Crippen molar-refractivity contribution in [1.29, 1.82) is 0 Å². The molecule has 154 valence electrons. The molecule has 0 saturated heterocycles. The topological polar surface area (TPSA) is 114 Å². The van der Waals surface area contributed by atoms with Crippen LogP contribution in [0.4, 0.5) is 5.69 Å². The zero-order valence-corrected chi connectivity index (χ0v) is 16.5. The van der Waals surface area contributed by atoms with Crippen LogP contribution < -0.4 is 14.2 Å². The van der Waals surface area contributed by atoms with Crippen molar-refractivity contribution in [3.05, 3.63) is 57.6 Å². The van der Waals surface area contributed by atoms with Gasteiger partial charge in [-0.25, -0.2) is 0 Å². The van der Waals surface area contributed by atoms with E-state index in [-0.39, 0.29) is 34.9 Å². The van der Waals surface area contributed by atoms with E-state index in [2.05, 4.69) is 0 Å². The molecule has 29 heavy (non-hydrogen) atoms. The fourth-order valence-corrected chi connectivity index (χ4v) is 2.79. The molecule has 1 atom stereocenters. The van der Waals surface area contributed by atoms with Crippen LogP contribution in [0.5, 0.6) is 17.2 Å². The van der Waals surface area contributed by atoms with Crippen molar-refractivity contribution in [1.82, 2.24) is 0 Å². The average Bonchev–Trinajstić information content (AvgIpc) is 2.73. The summed E-state index contributed by atoms with van der Waals surface area (Å²) in [6, 6.07) is 8.04. The summed E-state index contributed by atoms with van der Waals surface area (Å²) in [7, 11) is 4.23. The molecule has 0 amide bonds. The van der Waals surface area contributed by atoms with Crippen molar-refractivity contribution in [2.45, 2.75) is 12.8 Å². The highest BCUT2D eigenvalue weighted by molar-refractivity contribution is 6.14. The fraction of sp³-hybridized carbons (Fsp3) is 0.300. The van der Waals surface area contributed by atoms with Crippen LogP contribution >= 0.6 is 0 Å². The van der Waals surface area contributed by atoms with Gasteiger partial charge in [-0.3, -0.25) is 19.7 Å². The predicted molar refractivity (Wildman–Crippen MR) is 103 cm³/mol. The van der Waals surface area contributed by atoms with Crippen LogP contribution in [0, 0.1) is 10.1 Å². The number of hydrogen-bond acceptors (Lipinski definition) is 8. The first-order chi connectivity index (χ1) is 13.9. The lowest BCUT2D eigenvalue weighted by atomic mass is 9.89. The number of benzene rings is 2. The van der Waals surface area contributed by atoms with Crippen LogP contribution in [0.1, 0.15) is 28.8 Å². The number of ether oxygens (including phenoxy) is 4. The van der Waals surface area contributed by atoms with Gasteiger partial charge in [-0.15, -0.1) is 0 Å². The van der Waals surface area contributed by atoms with Crippen molar-refractivity contribution in [2.24, 2.45) is 0 Å². The molecule has 0 aromatic heterocycles. The van der Waals surface area contributed by atoms with Gasteiger partial charge < -0.3 is 18.9 Å². The van der Waals surface area contributed by atoms with Gasteiger partial charge in [-0.1, -0.05) is 12.1 Å². The number of carbonyl (C=O) groups excluding carboxylic acids is 2. The van der Waals surface area contributed by atoms with Crippen LogP contribution in [-0.4, -0.2) is 44.6 Å². The summed E-state index contributed by atoms with van der Waals surface area (Å²) in [4.78, 5) is 36.2. The van der Waals surface area contributed by atoms with Gasteiger partial charge in [-0.05, 0) is 18.6 Å². The lowest BCUT2D eigenvalue weighted by molar-refractivity contribution is -0.384. The minimum absolute atomic E-state index is 0.0681. The maximum atomic E-state index is 13.3. The first-order valence-corrected chi connectivity index (χ1v) is 8.63. The Morgan fingerprint density at radius 1 is 0.966 bits per heavy atom. The number of Topliss-reactive ketones (excluding diaryl/α,β-unsaturated/α-hetero) is 1. The summed E-state index contributed by atoms with van der Waals surface area (Å²) in [6.45, 7) is 1.69. The van der Waals surface area contributed by atoms with Crippen molar-refractivity contribution in [3.8, 4) is 17.2 Å². The van der Waals surface area contributed by atoms with Crippen LogP contribution in [0.3, 0.4) is 0 Å². The number of methoxy groups -OCH3 is 3. The normalized spacial score (nSPS) is 11.3. The van der Waals surface area contributed by atoms with Gasteiger partial charge in [0.25, 0.3) is 5.69 Å². The number of ketones is 1. The number of esters is 1. The van der Waals surface area contributed by atoms with E-state index in [0.717, 1.165) is 0 Å². The highest BCUT2D eigenvalue weighted by atomic mass is 16.6. The van der Waals surface area contributed by atoms with Gasteiger partial charge in [0.2, 0.25) is 0 Å². The molecule has 0 heterocycles. The minimum Gasteiger partial charge on any atom is -0.496 e. The zero-order valence-electron chi connectivity index (χ0n) is 16.5. The standard InChI is InChI=1S/C20H21NO8/c1-5-29-20(23)18(12-6-8-13(9-7-12)21(24)25)19(22)14-10-16(27-3)17(28-4)11-15(14)26-2/h6-11,18H,5H2,1-4H3. The monoisotopic (exact) mass is 403 g/mol. The largest absolute Gasteiger partial charge is 0.496 e. The predicted octanol–water partition coefficient (Wildman–Crippen LogP) is 3.15. The van der Waals surface area contributed by atoms with Gasteiger partial charge in [0, 0.05) is 18.2 Å². The summed E-state index contributed by atoms with van der Waals surface area (Å²) in [5.41, 5.74) is 0.185. The molecule has 0 aliphatic rings. The molecule has 9 heteroatoms. The zero-order chi connectivity index (χ0) is 21.6. The van der Waals surface area contributed by atoms with Gasteiger partial charge in [0.05, 0.1) is 38.4 Å². The summed E-state index contributed by atoms with van der Waals surface area (Å²) in [6.07, 6.45) is 0. The summed E-state index contributed by atoms with van der Waals surface area (Å²) in [5.74, 6) is -1.89. The number of carbonyl (C=O) groups is 2. The summed E-state index contributed by atoms with van der Waals surface area (Å²) in [5, 5.41) is 10.9. The Kier molecular flexibility index (Phi) is 7.13. The molecular weight excluding hydrogens is 382 g/mol. The Hall–Kier alpha value is -3.62. The molecular formula is C20H21NO8. The number of nitro groups is 1. The second kappa shape index (κ2) is 9.54. The SMILES string of the molecule is CCOC(=O)C(C(=O)c1cc(OC)c(OC)cc1OC)c1ccc([N+](=O)[O-])cc1. The highest BCUT2D eigenvalue weighted by Gasteiger charge is 2.33. The van der Waals surface area contributed by atoms with E-state index in [1.165, 1.54) is 57.7 Å². The van der Waals surface area contributed by atoms with Crippen molar-refractivity contribution in [3.63, 3.8) is 0 Å². The minimum atomic E-state index is -1.33. The fourth-order valence-electron chi connectivity index (χ4n) is 2.79. The second-order valence-electron chi connectivity index (χ2n) is 5.81. The van der Waals surface area contributed by atoms with E-state index in [1.54, 1.807) is 6.92 Å². The number of nitrogens with zero attached hydrogens (tertiary/aromatic N) is 1. The first-order valence-electron chi connectivity index (χ1n) is 8.63. The molecule has 0 N–H and O–H groups in total. The third-order valence-corrected chi connectivity index (χ3v) is 4.19. The van der Waals surface area contributed by atoms with Crippen LogP contribution in [0.25, 0.3) is 0 Å². The molecule has 0 fully saturated rings. The quantitative estimate of drug-likeness (QED) is 0.206. The maximum absolute atomic E-state index is 13.3. The summed E-state index contributed by atoms with van der Waals surface area (Å²) < 4.78 is 20.8. The Morgan fingerprint density at radius 3 is 2.00 bits per heavy atom. The Bertz CT molecular complexity index is 907. The van der Waals surface area contributed by atoms with Gasteiger partial charge >= 0.3 is 5.97 Å². The van der Waals surface area contributed by atoms with Crippen LogP contribution in [0.2, 0.25) is 0 Å². The Balaban J connectivity index is 2.58. The Morgan fingerprint density at radius 2 is 1.52 bits per heavy atom. The Labute approximate surface area is 167 Å². The molecule has 0 spiro atoms. The number of nitro benzene ring substituents is 1. The molecule has 0 radical (unpaired) electrons. The number of hydrogen-bond donors (Lipinski definition) is 0. The number of rotatable bonds is 9. The molecule has 2 aromatic carbocycles. The lowest BCUT2D eigenvalue weighted by Gasteiger charge is -2.18. The van der Waals surface area contributed by atoms with E-state index in [1.807, 2.05) is 0 Å². The molecule has 0 bridgehead atoms. The summed E-state index contributed by atoms with van der Waals surface area (Å²) >= 11 is 0. The maximum Gasteiger partial charge on any atom is 0.321 e. The van der Waals surface area contributed by atoms with Crippen molar-refractivity contribution in [2.75, 3.05) is 27.9 Å². The van der Waals surface area contributed by atoms with Gasteiger partial charge in [0.1, 0.15) is 11.7 Å². The molecule has 1 unspecified atom stereocenters. The third-order valence-electron chi connectivity index (χ3n) is 4.19. The van der Waals surface area contributed by atoms with E-state index in [9.17, 15) is 19.7 Å². The molecule has 0 saturated carbocycles.